The van der Waals surface area contributed by atoms with Gasteiger partial charge in [-0.2, -0.15) is 4.98 Å². The number of nitrogens with zero attached hydrogens (tertiary/aromatic N) is 4. The molecule has 3 heterocycles. The van der Waals surface area contributed by atoms with Gasteiger partial charge in [0.15, 0.2) is 0 Å². The van der Waals surface area contributed by atoms with E-state index < -0.39 is 6.23 Å². The molecular formula is C25H24N4O3. The summed E-state index contributed by atoms with van der Waals surface area (Å²) in [5.41, 5.74) is 1.64. The first-order chi connectivity index (χ1) is 15.7. The van der Waals surface area contributed by atoms with Crippen LogP contribution in [0.25, 0.3) is 11.0 Å². The van der Waals surface area contributed by atoms with Crippen LogP contribution in [0.1, 0.15) is 6.42 Å². The number of aromatic nitrogens is 3. The Morgan fingerprint density at radius 1 is 1.00 bits per heavy atom. The molecule has 2 aromatic carbocycles. The largest absolute Gasteiger partial charge is 0.457 e. The summed E-state index contributed by atoms with van der Waals surface area (Å²) < 4.78 is 14.0. The molecule has 0 bridgehead atoms. The van der Waals surface area contributed by atoms with E-state index in [0.717, 1.165) is 35.5 Å². The molecule has 0 spiro atoms. The number of likely N-dealkylation sites (tertiary alicyclic amines) is 1. The van der Waals surface area contributed by atoms with Gasteiger partial charge in [-0.05, 0) is 55.0 Å². The number of hydrogen-bond donors (Lipinski definition) is 1. The van der Waals surface area contributed by atoms with Crippen molar-refractivity contribution in [2.45, 2.75) is 25.2 Å². The zero-order valence-corrected chi connectivity index (χ0v) is 17.5. The quantitative estimate of drug-likeness (QED) is 0.414. The van der Waals surface area contributed by atoms with E-state index in [1.807, 2.05) is 71.8 Å². The normalized spacial score (nSPS) is 17.0. The predicted molar refractivity (Wildman–Crippen MR) is 122 cm³/mol. The van der Waals surface area contributed by atoms with E-state index in [4.69, 9.17) is 9.47 Å². The molecule has 0 aliphatic carbocycles. The average molecular weight is 428 g/mol. The first kappa shape index (κ1) is 20.2. The highest BCUT2D eigenvalue weighted by molar-refractivity contribution is 5.80. The molecule has 2 unspecified atom stereocenters. The molecule has 0 radical (unpaired) electrons. The SMILES string of the molecule is C=CC(O)N1CCC1Cn1ccc2ncnc(Oc3ccc(Oc4ccccc4)cc3)c21. The Morgan fingerprint density at radius 2 is 1.72 bits per heavy atom. The number of rotatable bonds is 8. The third-order valence-electron chi connectivity index (χ3n) is 5.68. The van der Waals surface area contributed by atoms with E-state index in [1.165, 1.54) is 6.33 Å². The molecule has 7 heteroatoms. The van der Waals surface area contributed by atoms with Crippen LogP contribution in [-0.4, -0.2) is 43.4 Å². The lowest BCUT2D eigenvalue weighted by Gasteiger charge is -2.43. The maximum Gasteiger partial charge on any atom is 0.247 e. The summed E-state index contributed by atoms with van der Waals surface area (Å²) in [5, 5.41) is 10.1. The van der Waals surface area contributed by atoms with Gasteiger partial charge in [0.2, 0.25) is 5.88 Å². The fourth-order valence-corrected chi connectivity index (χ4v) is 3.91. The predicted octanol–water partition coefficient (Wildman–Crippen LogP) is 4.59. The Morgan fingerprint density at radius 3 is 2.41 bits per heavy atom. The molecule has 2 aromatic heterocycles. The summed E-state index contributed by atoms with van der Waals surface area (Å²) in [5.74, 6) is 2.66. The molecule has 0 amide bonds. The van der Waals surface area contributed by atoms with Crippen molar-refractivity contribution in [2.75, 3.05) is 6.54 Å². The van der Waals surface area contributed by atoms with E-state index in [9.17, 15) is 5.11 Å². The lowest BCUT2D eigenvalue weighted by molar-refractivity contribution is -0.0515. The van der Waals surface area contributed by atoms with Crippen molar-refractivity contribution in [2.24, 2.45) is 0 Å². The Hall–Kier alpha value is -3.68. The fraction of sp³-hybridized carbons (Fsp3) is 0.200. The summed E-state index contributed by atoms with van der Waals surface area (Å²) >= 11 is 0. The number of para-hydroxylation sites is 1. The maximum atomic E-state index is 10.1. The lowest BCUT2D eigenvalue weighted by atomic mass is 10.0. The Bertz CT molecular complexity index is 1210. The van der Waals surface area contributed by atoms with Gasteiger partial charge in [0.25, 0.3) is 0 Å². The second-order valence-corrected chi connectivity index (χ2v) is 7.70. The van der Waals surface area contributed by atoms with Crippen molar-refractivity contribution in [3.8, 4) is 23.1 Å². The third kappa shape index (κ3) is 4.08. The van der Waals surface area contributed by atoms with Gasteiger partial charge >= 0.3 is 0 Å². The van der Waals surface area contributed by atoms with Gasteiger partial charge in [-0.1, -0.05) is 24.8 Å². The molecule has 1 saturated heterocycles. The highest BCUT2D eigenvalue weighted by Crippen LogP contribution is 2.31. The first-order valence-corrected chi connectivity index (χ1v) is 10.6. The molecule has 1 aliphatic heterocycles. The van der Waals surface area contributed by atoms with Crippen LogP contribution in [0.4, 0.5) is 0 Å². The smallest absolute Gasteiger partial charge is 0.247 e. The summed E-state index contributed by atoms with van der Waals surface area (Å²) in [6.45, 7) is 5.25. The molecule has 2 atom stereocenters. The number of hydrogen-bond acceptors (Lipinski definition) is 6. The van der Waals surface area contributed by atoms with Crippen molar-refractivity contribution in [1.82, 2.24) is 19.4 Å². The monoisotopic (exact) mass is 428 g/mol. The molecule has 1 aliphatic rings. The van der Waals surface area contributed by atoms with Gasteiger partial charge in [0, 0.05) is 25.3 Å². The average Bonchev–Trinajstić information content (AvgIpc) is 3.22. The van der Waals surface area contributed by atoms with Gasteiger partial charge in [0.1, 0.15) is 35.3 Å². The van der Waals surface area contributed by atoms with Crippen molar-refractivity contribution in [3.63, 3.8) is 0 Å². The Labute approximate surface area is 186 Å². The highest BCUT2D eigenvalue weighted by atomic mass is 16.5. The molecular weight excluding hydrogens is 404 g/mol. The summed E-state index contributed by atoms with van der Waals surface area (Å²) in [6, 6.07) is 19.3. The minimum absolute atomic E-state index is 0.223. The van der Waals surface area contributed by atoms with Gasteiger partial charge in [-0.15, -0.1) is 0 Å². The number of aliphatic hydroxyl groups is 1. The highest BCUT2D eigenvalue weighted by Gasteiger charge is 2.32. The summed E-state index contributed by atoms with van der Waals surface area (Å²) in [7, 11) is 0. The van der Waals surface area contributed by atoms with E-state index >= 15 is 0 Å². The second-order valence-electron chi connectivity index (χ2n) is 7.70. The molecule has 5 rings (SSSR count). The topological polar surface area (TPSA) is 72.6 Å². The van der Waals surface area contributed by atoms with Crippen LogP contribution in [0.2, 0.25) is 0 Å². The zero-order valence-electron chi connectivity index (χ0n) is 17.5. The second kappa shape index (κ2) is 8.82. The summed E-state index contributed by atoms with van der Waals surface area (Å²) in [6.07, 6.45) is 5.44. The number of benzene rings is 2. The van der Waals surface area contributed by atoms with Gasteiger partial charge in [0.05, 0.1) is 5.52 Å². The van der Waals surface area contributed by atoms with E-state index in [0.29, 0.717) is 18.2 Å². The van der Waals surface area contributed by atoms with Crippen molar-refractivity contribution in [3.05, 3.63) is 85.8 Å². The molecule has 4 aromatic rings. The number of fused-ring (bicyclic) bond motifs is 1. The summed E-state index contributed by atoms with van der Waals surface area (Å²) in [4.78, 5) is 10.8. The van der Waals surface area contributed by atoms with Crippen LogP contribution < -0.4 is 9.47 Å². The standard InChI is InChI=1S/C25H24N4O3/c1-2-23(30)29-15-12-18(29)16-28-14-13-22-24(28)25(27-17-26-22)32-21-10-8-20(9-11-21)31-19-6-4-3-5-7-19/h2-11,13-14,17-18,23,30H,1,12,15-16H2. The van der Waals surface area contributed by atoms with Crippen LogP contribution in [0.3, 0.4) is 0 Å². The minimum Gasteiger partial charge on any atom is -0.457 e. The van der Waals surface area contributed by atoms with Gasteiger partial charge < -0.3 is 19.1 Å². The molecule has 32 heavy (non-hydrogen) atoms. The number of ether oxygens (including phenoxy) is 2. The fourth-order valence-electron chi connectivity index (χ4n) is 3.91. The minimum atomic E-state index is -0.626. The molecule has 1 fully saturated rings. The first-order valence-electron chi connectivity index (χ1n) is 10.6. The number of aliphatic hydroxyl groups excluding tert-OH is 1. The molecule has 162 valence electrons. The van der Waals surface area contributed by atoms with Crippen LogP contribution in [0.15, 0.2) is 85.8 Å². The van der Waals surface area contributed by atoms with Crippen LogP contribution in [0, 0.1) is 0 Å². The van der Waals surface area contributed by atoms with Crippen LogP contribution >= 0.6 is 0 Å². The molecule has 0 saturated carbocycles. The van der Waals surface area contributed by atoms with E-state index in [1.54, 1.807) is 6.08 Å². The maximum absolute atomic E-state index is 10.1. The Balaban J connectivity index is 1.34. The molecule has 7 nitrogen and oxygen atoms in total. The van der Waals surface area contributed by atoms with E-state index in [2.05, 4.69) is 21.1 Å². The van der Waals surface area contributed by atoms with E-state index in [-0.39, 0.29) is 6.04 Å². The van der Waals surface area contributed by atoms with Gasteiger partial charge in [-0.25, -0.2) is 4.98 Å². The lowest BCUT2D eigenvalue weighted by Crippen LogP contribution is -2.54. The van der Waals surface area contributed by atoms with Gasteiger partial charge in [-0.3, -0.25) is 4.90 Å². The zero-order chi connectivity index (χ0) is 21.9. The van der Waals surface area contributed by atoms with Crippen LogP contribution in [-0.2, 0) is 6.54 Å². The Kier molecular flexibility index (Phi) is 5.58. The van der Waals surface area contributed by atoms with Crippen LogP contribution in [0.5, 0.6) is 23.1 Å². The van der Waals surface area contributed by atoms with Crippen molar-refractivity contribution in [1.29, 1.82) is 0 Å². The van der Waals surface area contributed by atoms with Crippen molar-refractivity contribution >= 4 is 11.0 Å². The third-order valence-corrected chi connectivity index (χ3v) is 5.68. The molecule has 1 N–H and O–H groups in total. The van der Waals surface area contributed by atoms with Crippen molar-refractivity contribution < 1.29 is 14.6 Å².